The summed E-state index contributed by atoms with van der Waals surface area (Å²) < 4.78 is 21.4. The molecule has 0 aromatic heterocycles. The van der Waals surface area contributed by atoms with Gasteiger partial charge in [-0.3, -0.25) is 0 Å². The Bertz CT molecular complexity index is 670. The van der Waals surface area contributed by atoms with E-state index in [9.17, 15) is 0 Å². The van der Waals surface area contributed by atoms with E-state index in [0.29, 0.717) is 25.6 Å². The summed E-state index contributed by atoms with van der Waals surface area (Å²) in [6.45, 7) is 3.32. The van der Waals surface area contributed by atoms with E-state index in [0.717, 1.165) is 22.8 Å². The first-order valence-corrected chi connectivity index (χ1v) is 7.99. The van der Waals surface area contributed by atoms with Gasteiger partial charge in [-0.15, -0.1) is 0 Å². The van der Waals surface area contributed by atoms with E-state index >= 15 is 0 Å². The minimum atomic E-state index is 0.335. The molecular formula is C19H23NO5. The van der Waals surface area contributed by atoms with Gasteiger partial charge in [-0.1, -0.05) is 5.16 Å². The SMILES string of the molecule is CCOc1ccc(OCCO/N=C/c2ccc(OC)cc2OC)cc1. The number of ether oxygens (including phenoxy) is 4. The van der Waals surface area contributed by atoms with Crippen molar-refractivity contribution in [3.8, 4) is 23.0 Å². The lowest BCUT2D eigenvalue weighted by Crippen LogP contribution is -2.04. The largest absolute Gasteiger partial charge is 0.497 e. The topological polar surface area (TPSA) is 58.5 Å². The molecule has 0 saturated heterocycles. The van der Waals surface area contributed by atoms with Gasteiger partial charge in [0.2, 0.25) is 0 Å². The van der Waals surface area contributed by atoms with Gasteiger partial charge in [0, 0.05) is 11.6 Å². The summed E-state index contributed by atoms with van der Waals surface area (Å²) in [5.74, 6) is 2.97. The molecule has 0 aliphatic carbocycles. The summed E-state index contributed by atoms with van der Waals surface area (Å²) >= 11 is 0. The van der Waals surface area contributed by atoms with Crippen LogP contribution in [0, 0.1) is 0 Å². The monoisotopic (exact) mass is 345 g/mol. The van der Waals surface area contributed by atoms with E-state index in [1.54, 1.807) is 26.5 Å². The Morgan fingerprint density at radius 1 is 0.840 bits per heavy atom. The molecule has 0 unspecified atom stereocenters. The van der Waals surface area contributed by atoms with Crippen LogP contribution >= 0.6 is 0 Å². The van der Waals surface area contributed by atoms with Gasteiger partial charge < -0.3 is 23.8 Å². The van der Waals surface area contributed by atoms with Crippen molar-refractivity contribution in [3.05, 3.63) is 48.0 Å². The minimum absolute atomic E-state index is 0.335. The lowest BCUT2D eigenvalue weighted by atomic mass is 10.2. The third-order valence-electron chi connectivity index (χ3n) is 3.29. The Balaban J connectivity index is 1.74. The molecule has 2 rings (SSSR count). The molecule has 0 N–H and O–H groups in total. The van der Waals surface area contributed by atoms with Crippen LogP contribution in [0.2, 0.25) is 0 Å². The molecule has 0 bridgehead atoms. The van der Waals surface area contributed by atoms with Crippen molar-refractivity contribution in [2.24, 2.45) is 5.16 Å². The predicted molar refractivity (Wildman–Crippen MR) is 96.2 cm³/mol. The van der Waals surface area contributed by atoms with Crippen LogP contribution < -0.4 is 18.9 Å². The van der Waals surface area contributed by atoms with Crippen LogP contribution in [0.1, 0.15) is 12.5 Å². The molecule has 0 aliphatic heterocycles. The molecule has 0 fully saturated rings. The standard InChI is InChI=1S/C19H23NO5/c1-4-23-16-7-9-17(10-8-16)24-11-12-25-20-14-15-5-6-18(21-2)13-19(15)22-3/h5-10,13-14H,4,11-12H2,1-3H3/b20-14+. The fraction of sp³-hybridized carbons (Fsp3) is 0.316. The fourth-order valence-corrected chi connectivity index (χ4v) is 2.07. The maximum Gasteiger partial charge on any atom is 0.151 e. The maximum atomic E-state index is 5.57. The maximum absolute atomic E-state index is 5.57. The van der Waals surface area contributed by atoms with Crippen LogP contribution in [0.25, 0.3) is 0 Å². The summed E-state index contributed by atoms with van der Waals surface area (Å²) in [4.78, 5) is 5.21. The van der Waals surface area contributed by atoms with E-state index in [-0.39, 0.29) is 0 Å². The van der Waals surface area contributed by atoms with Crippen molar-refractivity contribution < 1.29 is 23.8 Å². The molecule has 6 nitrogen and oxygen atoms in total. The third kappa shape index (κ3) is 5.91. The summed E-state index contributed by atoms with van der Waals surface area (Å²) in [6.07, 6.45) is 1.59. The van der Waals surface area contributed by atoms with E-state index in [2.05, 4.69) is 5.16 Å². The Morgan fingerprint density at radius 3 is 2.16 bits per heavy atom. The Kier molecular flexibility index (Phi) is 7.43. The van der Waals surface area contributed by atoms with Crippen LogP contribution in [-0.2, 0) is 4.84 Å². The molecule has 25 heavy (non-hydrogen) atoms. The average molecular weight is 345 g/mol. The van der Waals surface area contributed by atoms with Crippen molar-refractivity contribution in [1.29, 1.82) is 0 Å². The number of hydrogen-bond acceptors (Lipinski definition) is 6. The van der Waals surface area contributed by atoms with Crippen molar-refractivity contribution in [2.75, 3.05) is 34.0 Å². The van der Waals surface area contributed by atoms with E-state index in [1.807, 2.05) is 43.3 Å². The third-order valence-corrected chi connectivity index (χ3v) is 3.29. The molecule has 0 radical (unpaired) electrons. The predicted octanol–water partition coefficient (Wildman–Crippen LogP) is 3.53. The molecular weight excluding hydrogens is 322 g/mol. The second-order valence-electron chi connectivity index (χ2n) is 4.93. The first-order chi connectivity index (χ1) is 12.3. The van der Waals surface area contributed by atoms with Crippen molar-refractivity contribution in [3.63, 3.8) is 0 Å². The van der Waals surface area contributed by atoms with Gasteiger partial charge in [0.1, 0.15) is 29.6 Å². The van der Waals surface area contributed by atoms with Gasteiger partial charge in [0.15, 0.2) is 6.61 Å². The average Bonchev–Trinajstić information content (AvgIpc) is 2.66. The highest BCUT2D eigenvalue weighted by atomic mass is 16.6. The van der Waals surface area contributed by atoms with Gasteiger partial charge in [-0.2, -0.15) is 0 Å². The molecule has 2 aromatic rings. The molecule has 134 valence electrons. The zero-order chi connectivity index (χ0) is 17.9. The molecule has 0 saturated carbocycles. The molecule has 2 aromatic carbocycles. The Hall–Kier alpha value is -2.89. The van der Waals surface area contributed by atoms with Crippen LogP contribution in [0.5, 0.6) is 23.0 Å². The lowest BCUT2D eigenvalue weighted by molar-refractivity contribution is 0.108. The number of methoxy groups -OCH3 is 2. The van der Waals surface area contributed by atoms with Gasteiger partial charge in [0.25, 0.3) is 0 Å². The van der Waals surface area contributed by atoms with E-state index < -0.39 is 0 Å². The van der Waals surface area contributed by atoms with Gasteiger partial charge >= 0.3 is 0 Å². The Morgan fingerprint density at radius 2 is 1.52 bits per heavy atom. The van der Waals surface area contributed by atoms with Gasteiger partial charge in [-0.05, 0) is 43.3 Å². The highest BCUT2D eigenvalue weighted by molar-refractivity contribution is 5.83. The number of rotatable bonds is 10. The van der Waals surface area contributed by atoms with Crippen molar-refractivity contribution in [2.45, 2.75) is 6.92 Å². The van der Waals surface area contributed by atoms with E-state index in [1.165, 1.54) is 0 Å². The zero-order valence-electron chi connectivity index (χ0n) is 14.7. The highest BCUT2D eigenvalue weighted by Gasteiger charge is 2.02. The van der Waals surface area contributed by atoms with Gasteiger partial charge in [-0.25, -0.2) is 0 Å². The first kappa shape index (κ1) is 18.4. The van der Waals surface area contributed by atoms with Crippen LogP contribution in [0.3, 0.4) is 0 Å². The summed E-state index contributed by atoms with van der Waals surface area (Å²) in [5.41, 5.74) is 0.802. The molecule has 0 aliphatic rings. The zero-order valence-corrected chi connectivity index (χ0v) is 14.7. The molecule has 6 heteroatoms. The summed E-state index contributed by atoms with van der Waals surface area (Å²) in [7, 11) is 3.20. The number of oxime groups is 1. The first-order valence-electron chi connectivity index (χ1n) is 7.99. The molecule has 0 atom stereocenters. The van der Waals surface area contributed by atoms with Crippen LogP contribution in [0.4, 0.5) is 0 Å². The highest BCUT2D eigenvalue weighted by Crippen LogP contribution is 2.23. The number of nitrogens with zero attached hydrogens (tertiary/aromatic N) is 1. The van der Waals surface area contributed by atoms with Crippen LogP contribution in [-0.4, -0.2) is 40.3 Å². The van der Waals surface area contributed by atoms with Crippen molar-refractivity contribution >= 4 is 6.21 Å². The quantitative estimate of drug-likeness (QED) is 0.374. The summed E-state index contributed by atoms with van der Waals surface area (Å²) in [5, 5.41) is 3.93. The number of hydrogen-bond donors (Lipinski definition) is 0. The normalized spacial score (nSPS) is 10.5. The molecule has 0 amide bonds. The molecule has 0 spiro atoms. The van der Waals surface area contributed by atoms with E-state index in [4.69, 9.17) is 23.8 Å². The van der Waals surface area contributed by atoms with Gasteiger partial charge in [0.05, 0.1) is 27.0 Å². The second-order valence-corrected chi connectivity index (χ2v) is 4.93. The second kappa shape index (κ2) is 10.1. The van der Waals surface area contributed by atoms with Crippen molar-refractivity contribution in [1.82, 2.24) is 0 Å². The minimum Gasteiger partial charge on any atom is -0.497 e. The smallest absolute Gasteiger partial charge is 0.151 e. The van der Waals surface area contributed by atoms with Crippen LogP contribution in [0.15, 0.2) is 47.6 Å². The molecule has 0 heterocycles. The lowest BCUT2D eigenvalue weighted by Gasteiger charge is -2.08. The fourth-order valence-electron chi connectivity index (χ4n) is 2.07. The number of benzene rings is 2. The Labute approximate surface area is 147 Å². The summed E-state index contributed by atoms with van der Waals surface area (Å²) in [6, 6.07) is 12.9.